The topological polar surface area (TPSA) is 40.5 Å². The molecule has 0 unspecified atom stereocenters. The Morgan fingerprint density at radius 2 is 1.89 bits per heavy atom. The zero-order valence-corrected chi connectivity index (χ0v) is 12.1. The van der Waals surface area contributed by atoms with Gasteiger partial charge in [0.05, 0.1) is 6.61 Å². The van der Waals surface area contributed by atoms with E-state index in [1.165, 1.54) is 11.1 Å². The van der Waals surface area contributed by atoms with E-state index in [1.807, 2.05) is 12.1 Å². The van der Waals surface area contributed by atoms with Gasteiger partial charge in [-0.25, -0.2) is 0 Å². The molecular formula is C17H24O2. The van der Waals surface area contributed by atoms with Crippen molar-refractivity contribution in [2.45, 2.75) is 46.6 Å². The van der Waals surface area contributed by atoms with Crippen LogP contribution in [0.2, 0.25) is 0 Å². The second-order valence-corrected chi connectivity index (χ2v) is 5.20. The lowest BCUT2D eigenvalue weighted by atomic mass is 10.0. The molecule has 0 saturated carbocycles. The third-order valence-electron chi connectivity index (χ3n) is 3.09. The Labute approximate surface area is 116 Å². The molecule has 0 radical (unpaired) electrons. The zero-order chi connectivity index (χ0) is 14.3. The van der Waals surface area contributed by atoms with Crippen molar-refractivity contribution in [2.24, 2.45) is 0 Å². The molecule has 1 aromatic rings. The van der Waals surface area contributed by atoms with Crippen LogP contribution in [0, 0.1) is 0 Å². The molecule has 0 aliphatic carbocycles. The van der Waals surface area contributed by atoms with Crippen LogP contribution >= 0.6 is 0 Å². The normalized spacial score (nSPS) is 11.5. The van der Waals surface area contributed by atoms with Crippen LogP contribution in [0.1, 0.15) is 44.7 Å². The van der Waals surface area contributed by atoms with Crippen LogP contribution in [-0.2, 0) is 13.0 Å². The highest BCUT2D eigenvalue weighted by atomic mass is 16.3. The van der Waals surface area contributed by atoms with Crippen LogP contribution in [0.5, 0.6) is 5.75 Å². The monoisotopic (exact) mass is 260 g/mol. The third-order valence-corrected chi connectivity index (χ3v) is 3.09. The Morgan fingerprint density at radius 3 is 2.47 bits per heavy atom. The fourth-order valence-electron chi connectivity index (χ4n) is 1.86. The van der Waals surface area contributed by atoms with E-state index in [1.54, 1.807) is 6.07 Å². The van der Waals surface area contributed by atoms with Gasteiger partial charge in [-0.1, -0.05) is 35.4 Å². The van der Waals surface area contributed by atoms with Gasteiger partial charge in [-0.3, -0.25) is 0 Å². The predicted molar refractivity (Wildman–Crippen MR) is 80.2 cm³/mol. The summed E-state index contributed by atoms with van der Waals surface area (Å²) in [7, 11) is 0. The number of benzene rings is 1. The van der Waals surface area contributed by atoms with Crippen LogP contribution in [0.3, 0.4) is 0 Å². The number of phenols is 1. The van der Waals surface area contributed by atoms with E-state index < -0.39 is 0 Å². The molecule has 0 atom stereocenters. The first-order chi connectivity index (χ1) is 9.02. The van der Waals surface area contributed by atoms with Gasteiger partial charge in [0.25, 0.3) is 0 Å². The molecule has 0 aliphatic rings. The minimum atomic E-state index is -0.0363. The van der Waals surface area contributed by atoms with Gasteiger partial charge < -0.3 is 10.2 Å². The summed E-state index contributed by atoms with van der Waals surface area (Å²) >= 11 is 0. The zero-order valence-electron chi connectivity index (χ0n) is 12.1. The number of aliphatic hydroxyl groups excluding tert-OH is 1. The summed E-state index contributed by atoms with van der Waals surface area (Å²) in [5.41, 5.74) is 4.33. The van der Waals surface area contributed by atoms with Gasteiger partial charge in [-0.2, -0.15) is 0 Å². The molecule has 0 aliphatic heterocycles. The van der Waals surface area contributed by atoms with Crippen molar-refractivity contribution in [3.05, 3.63) is 52.6 Å². The maximum Gasteiger partial charge on any atom is 0.119 e. The lowest BCUT2D eigenvalue weighted by Crippen LogP contribution is -1.88. The predicted octanol–water partition coefficient (Wildman–Crippen LogP) is 4.12. The van der Waals surface area contributed by atoms with E-state index >= 15 is 0 Å². The Kier molecular flexibility index (Phi) is 6.37. The summed E-state index contributed by atoms with van der Waals surface area (Å²) in [4.78, 5) is 0. The number of phenolic OH excluding ortho intramolecular Hbond substituents is 1. The summed E-state index contributed by atoms with van der Waals surface area (Å²) in [6.45, 7) is 6.31. The SMILES string of the molecule is CC(C)=CCCC(C)=CCc1ccc(CO)cc1O. The van der Waals surface area contributed by atoms with E-state index in [0.29, 0.717) is 0 Å². The Balaban J connectivity index is 2.57. The van der Waals surface area contributed by atoms with Gasteiger partial charge in [0.1, 0.15) is 5.75 Å². The van der Waals surface area contributed by atoms with Crippen LogP contribution in [0.15, 0.2) is 41.5 Å². The molecule has 2 heteroatoms. The van der Waals surface area contributed by atoms with Crippen molar-refractivity contribution >= 4 is 0 Å². The van der Waals surface area contributed by atoms with Crippen LogP contribution in [0.25, 0.3) is 0 Å². The number of aliphatic hydroxyl groups is 1. The molecule has 2 N–H and O–H groups in total. The summed E-state index contributed by atoms with van der Waals surface area (Å²) in [5, 5.41) is 18.8. The maximum atomic E-state index is 9.83. The van der Waals surface area contributed by atoms with Gasteiger partial charge in [-0.05, 0) is 57.2 Å². The smallest absolute Gasteiger partial charge is 0.119 e. The molecule has 0 spiro atoms. The van der Waals surface area contributed by atoms with E-state index in [0.717, 1.165) is 30.4 Å². The van der Waals surface area contributed by atoms with Crippen LogP contribution < -0.4 is 0 Å². The molecular weight excluding hydrogens is 236 g/mol. The number of aromatic hydroxyl groups is 1. The fraction of sp³-hybridized carbons (Fsp3) is 0.412. The number of allylic oxidation sites excluding steroid dienone is 4. The van der Waals surface area contributed by atoms with Crippen molar-refractivity contribution in [1.29, 1.82) is 0 Å². The average molecular weight is 260 g/mol. The lowest BCUT2D eigenvalue weighted by molar-refractivity contribution is 0.281. The standard InChI is InChI=1S/C17H24O2/c1-13(2)5-4-6-14(3)7-9-16-10-8-15(12-18)11-17(16)19/h5,7-8,10-11,18-19H,4,6,9,12H2,1-3H3. The lowest BCUT2D eigenvalue weighted by Gasteiger charge is -2.05. The number of hydrogen-bond donors (Lipinski definition) is 2. The second kappa shape index (κ2) is 7.80. The summed E-state index contributed by atoms with van der Waals surface area (Å²) in [6.07, 6.45) is 7.26. The maximum absolute atomic E-state index is 9.83. The molecule has 1 rings (SSSR count). The molecule has 104 valence electrons. The molecule has 0 aromatic heterocycles. The van der Waals surface area contributed by atoms with Crippen LogP contribution in [0.4, 0.5) is 0 Å². The Hall–Kier alpha value is -1.54. The van der Waals surface area contributed by atoms with Gasteiger partial charge in [0.15, 0.2) is 0 Å². The second-order valence-electron chi connectivity index (χ2n) is 5.20. The van der Waals surface area contributed by atoms with Gasteiger partial charge in [-0.15, -0.1) is 0 Å². The molecule has 0 heterocycles. The minimum Gasteiger partial charge on any atom is -0.508 e. The van der Waals surface area contributed by atoms with Crippen molar-refractivity contribution < 1.29 is 10.2 Å². The highest BCUT2D eigenvalue weighted by molar-refractivity contribution is 5.37. The van der Waals surface area contributed by atoms with Gasteiger partial charge in [0.2, 0.25) is 0 Å². The van der Waals surface area contributed by atoms with E-state index in [4.69, 9.17) is 5.11 Å². The molecule has 19 heavy (non-hydrogen) atoms. The van der Waals surface area contributed by atoms with Gasteiger partial charge >= 0.3 is 0 Å². The van der Waals surface area contributed by atoms with Crippen molar-refractivity contribution in [3.8, 4) is 5.75 Å². The molecule has 1 aromatic carbocycles. The first-order valence-corrected chi connectivity index (χ1v) is 6.73. The Morgan fingerprint density at radius 1 is 1.16 bits per heavy atom. The van der Waals surface area contributed by atoms with Gasteiger partial charge in [0, 0.05) is 0 Å². The number of rotatable bonds is 6. The largest absolute Gasteiger partial charge is 0.508 e. The summed E-state index contributed by atoms with van der Waals surface area (Å²) < 4.78 is 0. The van der Waals surface area contributed by atoms with Crippen molar-refractivity contribution in [2.75, 3.05) is 0 Å². The van der Waals surface area contributed by atoms with Crippen molar-refractivity contribution in [3.63, 3.8) is 0 Å². The quantitative estimate of drug-likeness (QED) is 0.755. The first-order valence-electron chi connectivity index (χ1n) is 6.73. The first kappa shape index (κ1) is 15.5. The van der Waals surface area contributed by atoms with Crippen LogP contribution in [-0.4, -0.2) is 10.2 Å². The molecule has 0 saturated heterocycles. The summed E-state index contributed by atoms with van der Waals surface area (Å²) in [5.74, 6) is 0.264. The molecule has 0 amide bonds. The average Bonchev–Trinajstić information content (AvgIpc) is 2.36. The van der Waals surface area contributed by atoms with E-state index in [-0.39, 0.29) is 12.4 Å². The minimum absolute atomic E-state index is 0.0363. The number of hydrogen-bond acceptors (Lipinski definition) is 2. The molecule has 0 fully saturated rings. The highest BCUT2D eigenvalue weighted by Gasteiger charge is 2.01. The molecule has 2 nitrogen and oxygen atoms in total. The summed E-state index contributed by atoms with van der Waals surface area (Å²) in [6, 6.07) is 5.35. The van der Waals surface area contributed by atoms with Crippen molar-refractivity contribution in [1.82, 2.24) is 0 Å². The van der Waals surface area contributed by atoms with E-state index in [9.17, 15) is 5.11 Å². The van der Waals surface area contributed by atoms with E-state index in [2.05, 4.69) is 32.9 Å². The fourth-order valence-corrected chi connectivity index (χ4v) is 1.86. The molecule has 0 bridgehead atoms. The highest BCUT2D eigenvalue weighted by Crippen LogP contribution is 2.20. The Bertz CT molecular complexity index is 466. The third kappa shape index (κ3) is 5.75.